The minimum absolute atomic E-state index is 0.180. The fraction of sp³-hybridized carbons (Fsp3) is 0.286. The van der Waals surface area contributed by atoms with Crippen molar-refractivity contribution in [3.63, 3.8) is 0 Å². The first kappa shape index (κ1) is 19.9. The lowest BCUT2D eigenvalue weighted by Gasteiger charge is -2.13. The first-order valence-electron chi connectivity index (χ1n) is 9.07. The molecule has 1 heterocycles. The molecule has 2 aromatic carbocycles. The molecule has 0 radical (unpaired) electrons. The van der Waals surface area contributed by atoms with Gasteiger partial charge in [0, 0.05) is 23.8 Å². The highest BCUT2D eigenvalue weighted by Crippen LogP contribution is 2.32. The number of aryl methyl sites for hydroxylation is 2. The van der Waals surface area contributed by atoms with Gasteiger partial charge in [0.1, 0.15) is 5.75 Å². The van der Waals surface area contributed by atoms with Crippen molar-refractivity contribution in [2.24, 2.45) is 0 Å². The molecule has 6 nitrogen and oxygen atoms in total. The summed E-state index contributed by atoms with van der Waals surface area (Å²) in [4.78, 5) is 16.7. The van der Waals surface area contributed by atoms with Gasteiger partial charge >= 0.3 is 0 Å². The minimum Gasteiger partial charge on any atom is -0.455 e. The quantitative estimate of drug-likeness (QED) is 0.566. The molecule has 1 amide bonds. The highest BCUT2D eigenvalue weighted by atomic mass is 35.5. The van der Waals surface area contributed by atoms with Gasteiger partial charge < -0.3 is 14.6 Å². The average molecular weight is 400 g/mol. The van der Waals surface area contributed by atoms with Gasteiger partial charge in [0.05, 0.1) is 5.69 Å². The van der Waals surface area contributed by atoms with Crippen LogP contribution in [0.5, 0.6) is 11.5 Å². The molecular weight excluding hydrogens is 378 g/mol. The smallest absolute Gasteiger partial charge is 0.227 e. The zero-order chi connectivity index (χ0) is 20.1. The number of halogens is 1. The van der Waals surface area contributed by atoms with Gasteiger partial charge in [0.25, 0.3) is 0 Å². The van der Waals surface area contributed by atoms with Crippen molar-refractivity contribution in [3.8, 4) is 11.5 Å². The number of benzene rings is 2. The zero-order valence-corrected chi connectivity index (χ0v) is 16.8. The SMILES string of the molecule is Cc1ccc(Oc2ccc(Cl)cc2NC(=O)CCc2nc(C(C)C)no2)cc1. The molecule has 3 aromatic rings. The molecule has 3 rings (SSSR count). The van der Waals surface area contributed by atoms with Crippen molar-refractivity contribution in [1.82, 2.24) is 10.1 Å². The number of amides is 1. The summed E-state index contributed by atoms with van der Waals surface area (Å²) in [6.07, 6.45) is 0.566. The highest BCUT2D eigenvalue weighted by molar-refractivity contribution is 6.31. The predicted octanol–water partition coefficient (Wildman–Crippen LogP) is 5.52. The average Bonchev–Trinajstić information content (AvgIpc) is 3.13. The maximum absolute atomic E-state index is 12.4. The zero-order valence-electron chi connectivity index (χ0n) is 16.0. The Hall–Kier alpha value is -2.86. The number of nitrogens with one attached hydrogen (secondary N) is 1. The van der Waals surface area contributed by atoms with Crippen LogP contribution in [0.2, 0.25) is 5.02 Å². The molecule has 0 bridgehead atoms. The molecule has 0 aliphatic carbocycles. The minimum atomic E-state index is -0.194. The maximum Gasteiger partial charge on any atom is 0.227 e. The number of nitrogens with zero attached hydrogens (tertiary/aromatic N) is 2. The predicted molar refractivity (Wildman–Crippen MR) is 108 cm³/mol. The number of carbonyl (C=O) groups excluding carboxylic acids is 1. The van der Waals surface area contributed by atoms with Gasteiger partial charge in [-0.15, -0.1) is 0 Å². The lowest BCUT2D eigenvalue weighted by molar-refractivity contribution is -0.116. The van der Waals surface area contributed by atoms with E-state index in [4.69, 9.17) is 20.9 Å². The molecule has 7 heteroatoms. The van der Waals surface area contributed by atoms with Crippen LogP contribution in [-0.2, 0) is 11.2 Å². The second-order valence-corrected chi connectivity index (χ2v) is 7.24. The molecule has 0 unspecified atom stereocenters. The molecule has 0 atom stereocenters. The Bertz CT molecular complexity index is 952. The summed E-state index contributed by atoms with van der Waals surface area (Å²) < 4.78 is 11.1. The molecule has 0 fully saturated rings. The van der Waals surface area contributed by atoms with Crippen LogP contribution in [0.1, 0.15) is 43.5 Å². The molecule has 1 aromatic heterocycles. The van der Waals surface area contributed by atoms with E-state index in [0.29, 0.717) is 40.3 Å². The van der Waals surface area contributed by atoms with Crippen LogP contribution in [0, 0.1) is 6.92 Å². The second-order valence-electron chi connectivity index (χ2n) is 6.80. The van der Waals surface area contributed by atoms with Crippen molar-refractivity contribution >= 4 is 23.2 Å². The number of aromatic nitrogens is 2. The number of hydrogen-bond acceptors (Lipinski definition) is 5. The number of hydrogen-bond donors (Lipinski definition) is 1. The van der Waals surface area contributed by atoms with E-state index in [1.807, 2.05) is 45.0 Å². The van der Waals surface area contributed by atoms with E-state index < -0.39 is 0 Å². The van der Waals surface area contributed by atoms with Crippen LogP contribution in [0.25, 0.3) is 0 Å². The summed E-state index contributed by atoms with van der Waals surface area (Å²) in [6.45, 7) is 5.97. The fourth-order valence-electron chi connectivity index (χ4n) is 2.46. The van der Waals surface area contributed by atoms with Crippen molar-refractivity contribution in [3.05, 3.63) is 64.8 Å². The van der Waals surface area contributed by atoms with E-state index in [9.17, 15) is 4.79 Å². The van der Waals surface area contributed by atoms with Gasteiger partial charge in [-0.25, -0.2) is 0 Å². The molecule has 0 saturated heterocycles. The second kappa shape index (κ2) is 8.89. The van der Waals surface area contributed by atoms with Crippen LogP contribution in [0.4, 0.5) is 5.69 Å². The fourth-order valence-corrected chi connectivity index (χ4v) is 2.63. The Morgan fingerprint density at radius 2 is 1.96 bits per heavy atom. The van der Waals surface area contributed by atoms with Crippen molar-refractivity contribution in [2.45, 2.75) is 39.5 Å². The Morgan fingerprint density at radius 1 is 1.21 bits per heavy atom. The molecule has 146 valence electrons. The third kappa shape index (κ3) is 5.33. The Labute approximate surface area is 168 Å². The summed E-state index contributed by atoms with van der Waals surface area (Å²) in [6, 6.07) is 12.8. The molecule has 0 aliphatic heterocycles. The summed E-state index contributed by atoms with van der Waals surface area (Å²) in [7, 11) is 0. The monoisotopic (exact) mass is 399 g/mol. The van der Waals surface area contributed by atoms with Gasteiger partial charge in [0.15, 0.2) is 11.6 Å². The largest absolute Gasteiger partial charge is 0.455 e. The van der Waals surface area contributed by atoms with Crippen LogP contribution >= 0.6 is 11.6 Å². The molecule has 28 heavy (non-hydrogen) atoms. The molecule has 0 spiro atoms. The molecule has 0 saturated carbocycles. The lowest BCUT2D eigenvalue weighted by Crippen LogP contribution is -2.13. The normalized spacial score (nSPS) is 10.9. The van der Waals surface area contributed by atoms with Crippen LogP contribution in [0.15, 0.2) is 47.0 Å². The van der Waals surface area contributed by atoms with E-state index in [1.54, 1.807) is 18.2 Å². The van der Waals surface area contributed by atoms with Crippen LogP contribution in [0.3, 0.4) is 0 Å². The van der Waals surface area contributed by atoms with E-state index in [1.165, 1.54) is 0 Å². The molecular formula is C21H22ClN3O3. The third-order valence-electron chi connectivity index (χ3n) is 4.03. The van der Waals surface area contributed by atoms with E-state index in [0.717, 1.165) is 5.56 Å². The number of ether oxygens (including phenoxy) is 1. The number of rotatable bonds is 7. The van der Waals surface area contributed by atoms with E-state index >= 15 is 0 Å². The Morgan fingerprint density at radius 3 is 2.64 bits per heavy atom. The van der Waals surface area contributed by atoms with Crippen molar-refractivity contribution in [2.75, 3.05) is 5.32 Å². The van der Waals surface area contributed by atoms with Gasteiger partial charge in [-0.1, -0.05) is 48.3 Å². The summed E-state index contributed by atoms with van der Waals surface area (Å²) in [5, 5.41) is 7.25. The third-order valence-corrected chi connectivity index (χ3v) is 4.27. The first-order valence-corrected chi connectivity index (χ1v) is 9.45. The topological polar surface area (TPSA) is 77.2 Å². The Kier molecular flexibility index (Phi) is 6.31. The summed E-state index contributed by atoms with van der Waals surface area (Å²) >= 11 is 6.09. The molecule has 1 N–H and O–H groups in total. The first-order chi connectivity index (χ1) is 13.4. The van der Waals surface area contributed by atoms with E-state index in [2.05, 4.69) is 15.5 Å². The number of carbonyl (C=O) groups is 1. The van der Waals surface area contributed by atoms with Gasteiger partial charge in [-0.2, -0.15) is 4.98 Å². The van der Waals surface area contributed by atoms with Crippen molar-refractivity contribution in [1.29, 1.82) is 0 Å². The van der Waals surface area contributed by atoms with Crippen LogP contribution in [-0.4, -0.2) is 16.0 Å². The Balaban J connectivity index is 1.65. The summed E-state index contributed by atoms with van der Waals surface area (Å²) in [5.41, 5.74) is 1.64. The van der Waals surface area contributed by atoms with Gasteiger partial charge in [0.2, 0.25) is 11.8 Å². The van der Waals surface area contributed by atoms with E-state index in [-0.39, 0.29) is 18.2 Å². The maximum atomic E-state index is 12.4. The number of anilines is 1. The highest BCUT2D eigenvalue weighted by Gasteiger charge is 2.14. The molecule has 0 aliphatic rings. The van der Waals surface area contributed by atoms with Crippen LogP contribution < -0.4 is 10.1 Å². The van der Waals surface area contributed by atoms with Gasteiger partial charge in [-0.3, -0.25) is 4.79 Å². The lowest BCUT2D eigenvalue weighted by atomic mass is 10.2. The van der Waals surface area contributed by atoms with Gasteiger partial charge in [-0.05, 0) is 37.3 Å². The summed E-state index contributed by atoms with van der Waals surface area (Å²) in [5.74, 6) is 2.26. The van der Waals surface area contributed by atoms with Crippen molar-refractivity contribution < 1.29 is 14.1 Å². The standard InChI is InChI=1S/C21H22ClN3O3/c1-13(2)21-24-20(28-25-21)11-10-19(26)23-17-12-15(22)6-9-18(17)27-16-7-4-14(3)5-8-16/h4-9,12-13H,10-11H2,1-3H3,(H,23,26).